The summed E-state index contributed by atoms with van der Waals surface area (Å²) in [5.74, 6) is -1.01. The fourth-order valence-corrected chi connectivity index (χ4v) is 2.00. The van der Waals surface area contributed by atoms with Crippen molar-refractivity contribution in [1.82, 2.24) is 0 Å². The maximum atomic E-state index is 11.1. The van der Waals surface area contributed by atoms with Crippen LogP contribution in [0.3, 0.4) is 0 Å². The zero-order valence-corrected chi connectivity index (χ0v) is 7.91. The van der Waals surface area contributed by atoms with E-state index in [9.17, 15) is 4.79 Å². The van der Waals surface area contributed by atoms with Crippen LogP contribution in [0, 0.1) is 0 Å². The molecule has 4 nitrogen and oxygen atoms in total. The van der Waals surface area contributed by atoms with Gasteiger partial charge in [-0.3, -0.25) is 4.79 Å². The van der Waals surface area contributed by atoms with Gasteiger partial charge in [0.25, 0.3) is 0 Å². The van der Waals surface area contributed by atoms with Crippen molar-refractivity contribution in [2.75, 3.05) is 7.11 Å². The van der Waals surface area contributed by atoms with Gasteiger partial charge in [-0.25, -0.2) is 0 Å². The molecule has 0 aromatic carbocycles. The molecule has 2 aliphatic rings. The Morgan fingerprint density at radius 3 is 3.08 bits per heavy atom. The highest BCUT2D eigenvalue weighted by Crippen LogP contribution is 2.39. The molecule has 0 aromatic heterocycles. The van der Waals surface area contributed by atoms with Crippen molar-refractivity contribution in [3.8, 4) is 0 Å². The molecule has 2 saturated heterocycles. The van der Waals surface area contributed by atoms with Crippen molar-refractivity contribution in [3.05, 3.63) is 0 Å². The van der Waals surface area contributed by atoms with Gasteiger partial charge < -0.3 is 14.2 Å². The Morgan fingerprint density at radius 1 is 1.62 bits per heavy atom. The lowest BCUT2D eigenvalue weighted by Gasteiger charge is -2.37. The van der Waals surface area contributed by atoms with Gasteiger partial charge in [0.05, 0.1) is 12.5 Å². The number of carbonyl (C=O) groups excluding carboxylic acids is 1. The molecule has 2 aliphatic heterocycles. The van der Waals surface area contributed by atoms with Crippen LogP contribution in [0.1, 0.15) is 26.2 Å². The first-order valence-electron chi connectivity index (χ1n) is 4.59. The lowest BCUT2D eigenvalue weighted by molar-refractivity contribution is -0.269. The molecule has 0 bridgehead atoms. The molecule has 0 aromatic rings. The topological polar surface area (TPSA) is 44.8 Å². The van der Waals surface area contributed by atoms with Crippen LogP contribution >= 0.6 is 0 Å². The van der Waals surface area contributed by atoms with Gasteiger partial charge in [0.2, 0.25) is 5.79 Å². The molecule has 2 heterocycles. The largest absolute Gasteiger partial charge is 0.430 e. The first kappa shape index (κ1) is 8.97. The van der Waals surface area contributed by atoms with E-state index in [2.05, 4.69) is 0 Å². The first-order valence-corrected chi connectivity index (χ1v) is 4.59. The average molecular weight is 186 g/mol. The molecule has 2 rings (SSSR count). The summed E-state index contributed by atoms with van der Waals surface area (Å²) < 4.78 is 16.0. The highest BCUT2D eigenvalue weighted by atomic mass is 16.7. The van der Waals surface area contributed by atoms with E-state index in [0.29, 0.717) is 6.42 Å². The normalized spacial score (nSPS) is 44.3. The highest BCUT2D eigenvalue weighted by Gasteiger charge is 2.53. The summed E-state index contributed by atoms with van der Waals surface area (Å²) in [6.07, 6.45) is 1.91. The minimum Gasteiger partial charge on any atom is -0.430 e. The van der Waals surface area contributed by atoms with Crippen LogP contribution in [0.5, 0.6) is 0 Å². The molecule has 4 heteroatoms. The van der Waals surface area contributed by atoms with Crippen LogP contribution in [0.15, 0.2) is 0 Å². The zero-order chi connectivity index (χ0) is 9.47. The zero-order valence-electron chi connectivity index (χ0n) is 7.91. The van der Waals surface area contributed by atoms with Crippen LogP contribution in [0.2, 0.25) is 0 Å². The van der Waals surface area contributed by atoms with Crippen LogP contribution in [0.25, 0.3) is 0 Å². The van der Waals surface area contributed by atoms with Gasteiger partial charge in [-0.1, -0.05) is 0 Å². The molecule has 3 atom stereocenters. The second-order valence-electron chi connectivity index (χ2n) is 3.67. The van der Waals surface area contributed by atoms with Crippen LogP contribution in [-0.4, -0.2) is 31.1 Å². The van der Waals surface area contributed by atoms with Crippen LogP contribution in [0.4, 0.5) is 0 Å². The van der Waals surface area contributed by atoms with Gasteiger partial charge in [-0.2, -0.15) is 0 Å². The molecule has 0 amide bonds. The number of hydrogen-bond acceptors (Lipinski definition) is 4. The standard InChI is InChI=1S/C9H14O4/c1-6-3-4-9(11-2)7(12-6)5-8(10)13-9/h6-7H,3-5H2,1-2H3/t6-,7?,9?/m0/s1. The number of esters is 1. The smallest absolute Gasteiger partial charge is 0.311 e. The third-order valence-electron chi connectivity index (χ3n) is 2.77. The second-order valence-corrected chi connectivity index (χ2v) is 3.67. The van der Waals surface area contributed by atoms with Crippen molar-refractivity contribution in [3.63, 3.8) is 0 Å². The lowest BCUT2D eigenvalue weighted by atomic mass is 9.98. The fourth-order valence-electron chi connectivity index (χ4n) is 2.00. The number of carbonyl (C=O) groups is 1. The fraction of sp³-hybridized carbons (Fsp3) is 0.889. The first-order chi connectivity index (χ1) is 6.16. The number of hydrogen-bond donors (Lipinski definition) is 0. The van der Waals surface area contributed by atoms with Gasteiger partial charge in [0, 0.05) is 13.5 Å². The Hall–Kier alpha value is -0.610. The van der Waals surface area contributed by atoms with Crippen LogP contribution in [-0.2, 0) is 19.0 Å². The Bertz CT molecular complexity index is 228. The summed E-state index contributed by atoms with van der Waals surface area (Å²) in [5, 5.41) is 0. The van der Waals surface area contributed by atoms with E-state index in [1.54, 1.807) is 7.11 Å². The van der Waals surface area contributed by atoms with Crippen molar-refractivity contribution < 1.29 is 19.0 Å². The Kier molecular flexibility index (Phi) is 2.04. The third kappa shape index (κ3) is 1.34. The van der Waals surface area contributed by atoms with Gasteiger partial charge in [-0.05, 0) is 13.3 Å². The molecule has 0 spiro atoms. The molecule has 0 N–H and O–H groups in total. The number of fused-ring (bicyclic) bond motifs is 1. The van der Waals surface area contributed by atoms with E-state index in [0.717, 1.165) is 12.8 Å². The Labute approximate surface area is 77.1 Å². The van der Waals surface area contributed by atoms with Crippen molar-refractivity contribution in [1.29, 1.82) is 0 Å². The Morgan fingerprint density at radius 2 is 2.38 bits per heavy atom. The molecule has 74 valence electrons. The predicted molar refractivity (Wildman–Crippen MR) is 44.0 cm³/mol. The molecule has 0 saturated carbocycles. The second kappa shape index (κ2) is 2.96. The summed E-state index contributed by atoms with van der Waals surface area (Å²) >= 11 is 0. The van der Waals surface area contributed by atoms with E-state index in [1.807, 2.05) is 6.92 Å². The average Bonchev–Trinajstić information content (AvgIpc) is 2.41. The molecular formula is C9H14O4. The van der Waals surface area contributed by atoms with Gasteiger partial charge in [0.1, 0.15) is 6.10 Å². The summed E-state index contributed by atoms with van der Waals surface area (Å²) in [6, 6.07) is 0. The number of methoxy groups -OCH3 is 1. The summed E-state index contributed by atoms with van der Waals surface area (Å²) in [4.78, 5) is 11.1. The molecule has 13 heavy (non-hydrogen) atoms. The molecule has 2 unspecified atom stereocenters. The molecular weight excluding hydrogens is 172 g/mol. The van der Waals surface area contributed by atoms with Crippen LogP contribution < -0.4 is 0 Å². The molecule has 0 radical (unpaired) electrons. The maximum absolute atomic E-state index is 11.1. The third-order valence-corrected chi connectivity index (χ3v) is 2.77. The van der Waals surface area contributed by atoms with E-state index < -0.39 is 5.79 Å². The summed E-state index contributed by atoms with van der Waals surface area (Å²) in [7, 11) is 1.56. The van der Waals surface area contributed by atoms with E-state index in [4.69, 9.17) is 14.2 Å². The molecule has 0 aliphatic carbocycles. The Balaban J connectivity index is 2.17. The SMILES string of the molecule is COC12CC[C@H](C)OC1CC(=O)O2. The number of ether oxygens (including phenoxy) is 3. The highest BCUT2D eigenvalue weighted by molar-refractivity contribution is 5.73. The van der Waals surface area contributed by atoms with E-state index >= 15 is 0 Å². The minimum atomic E-state index is -0.788. The van der Waals surface area contributed by atoms with Gasteiger partial charge >= 0.3 is 5.97 Å². The monoisotopic (exact) mass is 186 g/mol. The van der Waals surface area contributed by atoms with E-state index in [1.165, 1.54) is 0 Å². The van der Waals surface area contributed by atoms with Crippen molar-refractivity contribution in [2.24, 2.45) is 0 Å². The summed E-state index contributed by atoms with van der Waals surface area (Å²) in [6.45, 7) is 2.00. The summed E-state index contributed by atoms with van der Waals surface area (Å²) in [5.41, 5.74) is 0. The quantitative estimate of drug-likeness (QED) is 0.569. The van der Waals surface area contributed by atoms with Gasteiger partial charge in [0.15, 0.2) is 0 Å². The minimum absolute atomic E-state index is 0.197. The van der Waals surface area contributed by atoms with E-state index in [-0.39, 0.29) is 18.2 Å². The number of rotatable bonds is 1. The molecule has 2 fully saturated rings. The maximum Gasteiger partial charge on any atom is 0.311 e. The van der Waals surface area contributed by atoms with Crippen molar-refractivity contribution in [2.45, 2.75) is 44.2 Å². The van der Waals surface area contributed by atoms with Crippen molar-refractivity contribution >= 4 is 5.97 Å². The predicted octanol–water partition coefficient (Wildman–Crippen LogP) is 0.843. The van der Waals surface area contributed by atoms with Gasteiger partial charge in [-0.15, -0.1) is 0 Å². The lowest BCUT2D eigenvalue weighted by Crippen LogP contribution is -2.48.